The summed E-state index contributed by atoms with van der Waals surface area (Å²) in [5.41, 5.74) is 0.982. The van der Waals surface area contributed by atoms with Crippen LogP contribution in [0, 0.1) is 30.4 Å². The number of hydrogen-bond acceptors (Lipinski definition) is 3. The zero-order chi connectivity index (χ0) is 35.1. The van der Waals surface area contributed by atoms with E-state index in [4.69, 9.17) is 16.8 Å². The minimum atomic E-state index is -2.80. The molecule has 0 amide bonds. The predicted octanol–water partition coefficient (Wildman–Crippen LogP) is 8.94. The second kappa shape index (κ2) is 9.43. The van der Waals surface area contributed by atoms with Crippen LogP contribution >= 0.6 is 0 Å². The molecule has 0 aliphatic heterocycles. The molecule has 0 unspecified atom stereocenters. The van der Waals surface area contributed by atoms with Crippen molar-refractivity contribution < 1.29 is 16.8 Å². The molecular weight excluding hydrogens is 525 g/mol. The van der Waals surface area contributed by atoms with Gasteiger partial charge in [0.2, 0.25) is 0 Å². The predicted molar refractivity (Wildman–Crippen MR) is 163 cm³/mol. The third-order valence-electron chi connectivity index (χ3n) is 6.45. The molecule has 5 aromatic rings. The Balaban J connectivity index is 1.85. The normalized spacial score (nSPS) is 16.8. The standard InChI is InChI=1S/C34H36GeN2O/c1-21-16-23(18-34(3,4)5)12-14-25(21)29-17-30(37-20-22(29)2)28-11-9-10-26-27-15-13-24(19-36)31(35(6,7)8)33(27)38-32(26)28/h9-17,20H,18H2,1-8H3/i1D3,2D3,14D,18D2. The van der Waals surface area contributed by atoms with Crippen molar-refractivity contribution in [1.29, 1.82) is 5.26 Å². The molecular formula is C34H36GeN2O. The van der Waals surface area contributed by atoms with Gasteiger partial charge in [-0.25, -0.2) is 0 Å². The van der Waals surface area contributed by atoms with Gasteiger partial charge in [0.05, 0.1) is 0 Å². The number of aryl methyl sites for hydroxylation is 2. The molecule has 0 N–H and O–H groups in total. The number of furan rings is 1. The maximum absolute atomic E-state index is 9.89. The summed E-state index contributed by atoms with van der Waals surface area (Å²) in [5.74, 6) is 6.55. The third-order valence-corrected chi connectivity index (χ3v) is 10.6. The van der Waals surface area contributed by atoms with Crippen LogP contribution in [0.5, 0.6) is 0 Å². The molecule has 0 aliphatic carbocycles. The van der Waals surface area contributed by atoms with Crippen molar-refractivity contribution in [1.82, 2.24) is 4.98 Å². The van der Waals surface area contributed by atoms with Crippen LogP contribution in [0.3, 0.4) is 0 Å². The Morgan fingerprint density at radius 1 is 0.974 bits per heavy atom. The van der Waals surface area contributed by atoms with Gasteiger partial charge in [-0.1, -0.05) is 20.8 Å². The third kappa shape index (κ3) is 4.79. The molecule has 2 heterocycles. The quantitative estimate of drug-likeness (QED) is 0.203. The Labute approximate surface area is 241 Å². The minimum absolute atomic E-state index is 0.000689. The number of rotatable bonds is 4. The van der Waals surface area contributed by atoms with E-state index in [0.717, 1.165) is 15.2 Å². The van der Waals surface area contributed by atoms with Crippen LogP contribution in [0.4, 0.5) is 0 Å². The van der Waals surface area contributed by atoms with Gasteiger partial charge in [-0.3, -0.25) is 0 Å². The van der Waals surface area contributed by atoms with Gasteiger partial charge in [-0.2, -0.15) is 0 Å². The number of aromatic nitrogens is 1. The zero-order valence-electron chi connectivity index (χ0n) is 31.5. The average molecular weight is 570 g/mol. The van der Waals surface area contributed by atoms with Gasteiger partial charge in [0.15, 0.2) is 0 Å². The van der Waals surface area contributed by atoms with Crippen LogP contribution < -0.4 is 4.40 Å². The van der Waals surface area contributed by atoms with E-state index in [2.05, 4.69) is 28.3 Å². The molecule has 0 atom stereocenters. The molecule has 2 aromatic heterocycles. The second-order valence-corrected chi connectivity index (χ2v) is 22.2. The molecule has 0 fully saturated rings. The van der Waals surface area contributed by atoms with E-state index in [-0.39, 0.29) is 33.9 Å². The summed E-state index contributed by atoms with van der Waals surface area (Å²) in [4.78, 5) is 4.51. The van der Waals surface area contributed by atoms with Crippen LogP contribution in [0.15, 0.2) is 65.2 Å². The SMILES string of the molecule is [2H]c1cc(C([2H])([2H])C(C)(C)C)cc(C([2H])([2H])[2H])c1-c1cc(-c2cccc3c2oc2[c]([Ge]([CH3])([CH3])[CH3])c(C#N)ccc23)ncc1C([2H])([2H])[2H]. The van der Waals surface area contributed by atoms with Crippen molar-refractivity contribution >= 4 is 39.6 Å². The van der Waals surface area contributed by atoms with E-state index in [9.17, 15) is 5.26 Å². The number of fused-ring (bicyclic) bond motifs is 3. The van der Waals surface area contributed by atoms with Crippen LogP contribution in [0.1, 0.15) is 55.4 Å². The molecule has 3 aromatic carbocycles. The Morgan fingerprint density at radius 3 is 2.42 bits per heavy atom. The van der Waals surface area contributed by atoms with Crippen LogP contribution in [0.2, 0.25) is 17.3 Å². The summed E-state index contributed by atoms with van der Waals surface area (Å²) in [6.07, 6.45) is -0.802. The maximum atomic E-state index is 9.89. The fourth-order valence-corrected chi connectivity index (χ4v) is 8.74. The second-order valence-electron chi connectivity index (χ2n) is 11.7. The molecule has 0 saturated heterocycles. The van der Waals surface area contributed by atoms with Crippen molar-refractivity contribution in [3.63, 3.8) is 0 Å². The fourth-order valence-electron chi connectivity index (χ4n) is 4.94. The van der Waals surface area contributed by atoms with E-state index < -0.39 is 38.8 Å². The topological polar surface area (TPSA) is 49.8 Å². The Kier molecular flexibility index (Phi) is 4.29. The van der Waals surface area contributed by atoms with E-state index >= 15 is 0 Å². The fraction of sp³-hybridized carbons (Fsp3) is 0.294. The van der Waals surface area contributed by atoms with Gasteiger partial charge in [-0.05, 0) is 11.8 Å². The van der Waals surface area contributed by atoms with E-state index in [0.29, 0.717) is 28.0 Å². The summed E-state index contributed by atoms with van der Waals surface area (Å²) in [6.45, 7) is -0.431. The van der Waals surface area contributed by atoms with Crippen LogP contribution in [-0.4, -0.2) is 18.3 Å². The molecule has 0 radical (unpaired) electrons. The number of benzene rings is 3. The summed E-state index contributed by atoms with van der Waals surface area (Å²) >= 11 is -2.63. The van der Waals surface area contributed by atoms with Crippen molar-refractivity contribution in [2.45, 2.75) is 58.1 Å². The molecule has 4 heteroatoms. The summed E-state index contributed by atoms with van der Waals surface area (Å²) < 4.78 is 83.9. The molecule has 0 aliphatic rings. The van der Waals surface area contributed by atoms with Crippen LogP contribution in [0.25, 0.3) is 44.3 Å². The van der Waals surface area contributed by atoms with Gasteiger partial charge in [-0.15, -0.1) is 0 Å². The van der Waals surface area contributed by atoms with Crippen molar-refractivity contribution in [3.05, 3.63) is 83.0 Å². The molecule has 38 heavy (non-hydrogen) atoms. The molecule has 0 bridgehead atoms. The molecule has 0 spiro atoms. The number of para-hydroxylation sites is 1. The van der Waals surface area contributed by atoms with Gasteiger partial charge < -0.3 is 0 Å². The van der Waals surface area contributed by atoms with Crippen molar-refractivity contribution in [3.8, 4) is 28.5 Å². The van der Waals surface area contributed by atoms with Gasteiger partial charge in [0.1, 0.15) is 0 Å². The summed E-state index contributed by atoms with van der Waals surface area (Å²) in [5, 5.41) is 11.5. The van der Waals surface area contributed by atoms with Gasteiger partial charge in [0, 0.05) is 2.74 Å². The van der Waals surface area contributed by atoms with Crippen LogP contribution in [-0.2, 0) is 6.37 Å². The number of nitrogens with zero attached hydrogens (tertiary/aromatic N) is 2. The Hall–Kier alpha value is -3.36. The summed E-state index contributed by atoms with van der Waals surface area (Å²) in [7, 11) is 0. The first-order valence-corrected chi connectivity index (χ1v) is 19.9. The van der Waals surface area contributed by atoms with Crippen molar-refractivity contribution in [2.75, 3.05) is 0 Å². The first-order chi connectivity index (χ1) is 21.5. The number of pyridine rings is 1. The van der Waals surface area contributed by atoms with E-state index in [1.807, 2.05) is 24.3 Å². The van der Waals surface area contributed by atoms with Gasteiger partial charge in [0.25, 0.3) is 0 Å². The summed E-state index contributed by atoms with van der Waals surface area (Å²) in [6, 6.07) is 15.2. The molecule has 3 nitrogen and oxygen atoms in total. The monoisotopic (exact) mass is 571 g/mol. The van der Waals surface area contributed by atoms with Gasteiger partial charge >= 0.3 is 206 Å². The Morgan fingerprint density at radius 2 is 1.74 bits per heavy atom. The first-order valence-electron chi connectivity index (χ1n) is 17.0. The Bertz CT molecular complexity index is 2090. The average Bonchev–Trinajstić information content (AvgIpc) is 3.32. The van der Waals surface area contributed by atoms with Crippen molar-refractivity contribution in [2.24, 2.45) is 5.41 Å². The zero-order valence-corrected chi connectivity index (χ0v) is 24.6. The number of nitriles is 1. The van der Waals surface area contributed by atoms with E-state index in [1.54, 1.807) is 26.8 Å². The number of hydrogen-bond donors (Lipinski definition) is 0. The van der Waals surface area contributed by atoms with E-state index in [1.165, 1.54) is 24.4 Å². The molecule has 192 valence electrons. The first kappa shape index (κ1) is 17.3. The molecule has 0 saturated carbocycles. The molecule has 5 rings (SSSR count).